The van der Waals surface area contributed by atoms with Crippen molar-refractivity contribution < 1.29 is 5.11 Å². The first kappa shape index (κ1) is 13.2. The van der Waals surface area contributed by atoms with E-state index in [9.17, 15) is 5.11 Å². The van der Waals surface area contributed by atoms with Crippen LogP contribution in [-0.2, 0) is 0 Å². The minimum Gasteiger partial charge on any atom is -0.396 e. The molecule has 0 bridgehead atoms. The largest absolute Gasteiger partial charge is 0.396 e. The highest BCUT2D eigenvalue weighted by Gasteiger charge is 2.43. The van der Waals surface area contributed by atoms with Gasteiger partial charge in [-0.05, 0) is 25.3 Å². The molecule has 0 amide bonds. The van der Waals surface area contributed by atoms with Crippen molar-refractivity contribution >= 4 is 11.5 Å². The second-order valence-corrected chi connectivity index (χ2v) is 5.99. The number of nitrogen functional groups attached to an aromatic ring is 1. The molecule has 0 radical (unpaired) electrons. The van der Waals surface area contributed by atoms with Crippen molar-refractivity contribution in [2.45, 2.75) is 37.7 Å². The fourth-order valence-corrected chi connectivity index (χ4v) is 3.56. The van der Waals surface area contributed by atoms with Gasteiger partial charge in [-0.25, -0.2) is 4.98 Å². The van der Waals surface area contributed by atoms with Crippen LogP contribution < -0.4 is 10.6 Å². The lowest BCUT2D eigenvalue weighted by Gasteiger charge is -2.47. The van der Waals surface area contributed by atoms with Gasteiger partial charge in [-0.15, -0.1) is 0 Å². The molecule has 0 spiro atoms. The molecular weight excluding hydrogens is 252 g/mol. The molecule has 0 aromatic carbocycles. The van der Waals surface area contributed by atoms with Gasteiger partial charge in [-0.1, -0.05) is 12.8 Å². The van der Waals surface area contributed by atoms with Gasteiger partial charge < -0.3 is 15.7 Å². The number of hydrogen-bond acceptors (Lipinski definition) is 5. The summed E-state index contributed by atoms with van der Waals surface area (Å²) in [7, 11) is 0. The van der Waals surface area contributed by atoms with Crippen molar-refractivity contribution in [3.63, 3.8) is 0 Å². The van der Waals surface area contributed by atoms with Crippen LogP contribution in [0.4, 0.5) is 11.5 Å². The average molecular weight is 272 g/mol. The summed E-state index contributed by atoms with van der Waals surface area (Å²) in [4.78, 5) is 6.48. The zero-order valence-corrected chi connectivity index (χ0v) is 11.5. The van der Waals surface area contributed by atoms with E-state index in [0.29, 0.717) is 17.2 Å². The molecule has 1 aliphatic heterocycles. The third-order valence-corrected chi connectivity index (χ3v) is 4.75. The van der Waals surface area contributed by atoms with Crippen molar-refractivity contribution in [3.8, 4) is 6.07 Å². The summed E-state index contributed by atoms with van der Waals surface area (Å²) in [5, 5.41) is 19.5. The molecule has 2 unspecified atom stereocenters. The molecular formula is C15H20N4O. The average Bonchev–Trinajstić information content (AvgIpc) is 2.46. The van der Waals surface area contributed by atoms with E-state index in [1.165, 1.54) is 6.42 Å². The minimum atomic E-state index is -0.490. The van der Waals surface area contributed by atoms with Crippen LogP contribution in [0.15, 0.2) is 12.3 Å². The second-order valence-electron chi connectivity index (χ2n) is 5.99. The number of aromatic nitrogens is 1. The number of anilines is 2. The molecule has 1 aromatic rings. The highest BCUT2D eigenvalue weighted by atomic mass is 16.3. The summed E-state index contributed by atoms with van der Waals surface area (Å²) in [5.41, 5.74) is 6.55. The monoisotopic (exact) mass is 272 g/mol. The maximum absolute atomic E-state index is 10.7. The molecule has 5 heteroatoms. The van der Waals surface area contributed by atoms with E-state index < -0.39 is 5.60 Å². The van der Waals surface area contributed by atoms with Crippen LogP contribution in [0.3, 0.4) is 0 Å². The lowest BCUT2D eigenvalue weighted by molar-refractivity contribution is -0.0613. The summed E-state index contributed by atoms with van der Waals surface area (Å²) < 4.78 is 0. The van der Waals surface area contributed by atoms with Gasteiger partial charge in [0.05, 0.1) is 16.9 Å². The summed E-state index contributed by atoms with van der Waals surface area (Å²) in [5.74, 6) is 1.05. The van der Waals surface area contributed by atoms with Crippen molar-refractivity contribution in [1.29, 1.82) is 5.26 Å². The highest BCUT2D eigenvalue weighted by Crippen LogP contribution is 2.41. The van der Waals surface area contributed by atoms with Gasteiger partial charge in [-0.2, -0.15) is 5.26 Å². The van der Waals surface area contributed by atoms with E-state index in [0.717, 1.165) is 44.6 Å². The normalized spacial score (nSPS) is 29.6. The van der Waals surface area contributed by atoms with E-state index in [1.807, 2.05) is 6.07 Å². The number of hydrogen-bond donors (Lipinski definition) is 2. The Morgan fingerprint density at radius 3 is 3.05 bits per heavy atom. The van der Waals surface area contributed by atoms with Gasteiger partial charge in [0.2, 0.25) is 0 Å². The SMILES string of the molecule is N#Cc1cnc(N2CCC3(O)CCCCC3C2)c(N)c1. The fourth-order valence-electron chi connectivity index (χ4n) is 3.56. The Kier molecular flexibility index (Phi) is 3.27. The number of aliphatic hydroxyl groups is 1. The van der Waals surface area contributed by atoms with Crippen LogP contribution in [0.2, 0.25) is 0 Å². The Morgan fingerprint density at radius 2 is 2.30 bits per heavy atom. The Bertz CT molecular complexity index is 553. The van der Waals surface area contributed by atoms with Crippen molar-refractivity contribution in [2.24, 2.45) is 5.92 Å². The molecule has 2 aliphatic rings. The van der Waals surface area contributed by atoms with E-state index in [1.54, 1.807) is 12.3 Å². The van der Waals surface area contributed by atoms with Gasteiger partial charge in [-0.3, -0.25) is 0 Å². The van der Waals surface area contributed by atoms with Crippen LogP contribution in [0.25, 0.3) is 0 Å². The zero-order valence-electron chi connectivity index (χ0n) is 11.5. The minimum absolute atomic E-state index is 0.307. The third kappa shape index (κ3) is 2.20. The molecule has 1 saturated heterocycles. The summed E-state index contributed by atoms with van der Waals surface area (Å²) in [6, 6.07) is 3.72. The number of piperidine rings is 1. The van der Waals surface area contributed by atoms with Crippen LogP contribution in [0.5, 0.6) is 0 Å². The Labute approximate surface area is 119 Å². The van der Waals surface area contributed by atoms with Crippen molar-refractivity contribution in [3.05, 3.63) is 17.8 Å². The lowest BCUT2D eigenvalue weighted by Crippen LogP contribution is -2.53. The number of nitrogens with two attached hydrogens (primary N) is 1. The van der Waals surface area contributed by atoms with E-state index in [-0.39, 0.29) is 0 Å². The smallest absolute Gasteiger partial charge is 0.151 e. The molecule has 3 rings (SSSR count). The van der Waals surface area contributed by atoms with E-state index >= 15 is 0 Å². The molecule has 106 valence electrons. The number of nitrogens with zero attached hydrogens (tertiary/aromatic N) is 3. The number of nitriles is 1. The number of rotatable bonds is 1. The first-order valence-electron chi connectivity index (χ1n) is 7.25. The molecule has 2 heterocycles. The maximum atomic E-state index is 10.7. The van der Waals surface area contributed by atoms with E-state index in [4.69, 9.17) is 11.0 Å². The predicted molar refractivity (Wildman–Crippen MR) is 77.1 cm³/mol. The first-order chi connectivity index (χ1) is 9.62. The van der Waals surface area contributed by atoms with Gasteiger partial charge in [0.25, 0.3) is 0 Å². The number of fused-ring (bicyclic) bond motifs is 1. The third-order valence-electron chi connectivity index (χ3n) is 4.75. The Balaban J connectivity index is 1.81. The van der Waals surface area contributed by atoms with Gasteiger partial charge >= 0.3 is 0 Å². The van der Waals surface area contributed by atoms with Gasteiger partial charge in [0.15, 0.2) is 5.82 Å². The highest BCUT2D eigenvalue weighted by molar-refractivity contribution is 5.64. The van der Waals surface area contributed by atoms with Crippen molar-refractivity contribution in [1.82, 2.24) is 4.98 Å². The standard InChI is InChI=1S/C15H20N4O/c16-8-11-7-13(17)14(18-9-11)19-6-5-15(20)4-2-1-3-12(15)10-19/h7,9,12,20H,1-6,10,17H2. The van der Waals surface area contributed by atoms with Crippen LogP contribution in [0.1, 0.15) is 37.7 Å². The van der Waals surface area contributed by atoms with Crippen LogP contribution in [-0.4, -0.2) is 28.8 Å². The second kappa shape index (κ2) is 4.95. The topological polar surface area (TPSA) is 86.2 Å². The molecule has 2 atom stereocenters. The fraction of sp³-hybridized carbons (Fsp3) is 0.600. The summed E-state index contributed by atoms with van der Waals surface area (Å²) in [6.07, 6.45) is 6.65. The Morgan fingerprint density at radius 1 is 1.45 bits per heavy atom. The van der Waals surface area contributed by atoms with Crippen molar-refractivity contribution in [2.75, 3.05) is 23.7 Å². The summed E-state index contributed by atoms with van der Waals surface area (Å²) >= 11 is 0. The van der Waals surface area contributed by atoms with E-state index in [2.05, 4.69) is 9.88 Å². The van der Waals surface area contributed by atoms with Crippen LogP contribution in [0, 0.1) is 17.2 Å². The van der Waals surface area contributed by atoms with Gasteiger partial charge in [0, 0.05) is 25.2 Å². The predicted octanol–water partition coefficient (Wildman–Crippen LogP) is 1.67. The molecule has 1 aliphatic carbocycles. The molecule has 1 aromatic heterocycles. The molecule has 3 N–H and O–H groups in total. The maximum Gasteiger partial charge on any atom is 0.151 e. The molecule has 1 saturated carbocycles. The summed E-state index contributed by atoms with van der Waals surface area (Å²) in [6.45, 7) is 1.58. The molecule has 20 heavy (non-hydrogen) atoms. The lowest BCUT2D eigenvalue weighted by atomic mass is 9.71. The molecule has 2 fully saturated rings. The number of pyridine rings is 1. The zero-order chi connectivity index (χ0) is 14.2. The Hall–Kier alpha value is -1.80. The quantitative estimate of drug-likeness (QED) is 0.812. The molecule has 5 nitrogen and oxygen atoms in total. The van der Waals surface area contributed by atoms with Gasteiger partial charge in [0.1, 0.15) is 6.07 Å². The first-order valence-corrected chi connectivity index (χ1v) is 7.25. The van der Waals surface area contributed by atoms with Crippen LogP contribution >= 0.6 is 0 Å².